The van der Waals surface area contributed by atoms with Crippen LogP contribution in [0, 0.1) is 0 Å². The Morgan fingerprint density at radius 3 is 2.82 bits per heavy atom. The van der Waals surface area contributed by atoms with Crippen LogP contribution < -0.4 is 10.6 Å². The number of thiophene rings is 1. The number of halogens is 1. The topological polar surface area (TPSA) is 79.8 Å². The average molecular weight is 396 g/mol. The Balaban J connectivity index is 1.60. The van der Waals surface area contributed by atoms with Gasteiger partial charge in [0.25, 0.3) is 5.91 Å². The molecule has 0 saturated carbocycles. The molecule has 0 atom stereocenters. The molecule has 9 heteroatoms. The number of anilines is 2. The molecule has 0 fully saturated rings. The molecule has 0 aliphatic heterocycles. The van der Waals surface area contributed by atoms with Crippen molar-refractivity contribution in [3.8, 4) is 0 Å². The van der Waals surface area contributed by atoms with Crippen molar-refractivity contribution < 1.29 is 4.79 Å². The first-order chi connectivity index (χ1) is 10.7. The smallest absolute Gasteiger partial charge is 0.259 e. The second-order valence-corrected chi connectivity index (χ2v) is 6.86. The number of pyridine rings is 1. The number of rotatable bonds is 5. The fourth-order valence-electron chi connectivity index (χ4n) is 1.65. The predicted molar refractivity (Wildman–Crippen MR) is 91.4 cm³/mol. The molecule has 0 aliphatic rings. The zero-order chi connectivity index (χ0) is 15.4. The SMILES string of the molecule is O=C(Nc1nncs1)c1ccc(NCc2sccc2Br)nc1. The number of hydrogen-bond acceptors (Lipinski definition) is 7. The first-order valence-electron chi connectivity index (χ1n) is 6.21. The molecule has 0 saturated heterocycles. The molecular weight excluding hydrogens is 386 g/mol. The lowest BCUT2D eigenvalue weighted by atomic mass is 10.2. The van der Waals surface area contributed by atoms with Crippen molar-refractivity contribution in [1.82, 2.24) is 15.2 Å². The minimum atomic E-state index is -0.253. The molecule has 3 aromatic rings. The third-order valence-electron chi connectivity index (χ3n) is 2.73. The highest BCUT2D eigenvalue weighted by atomic mass is 79.9. The number of carbonyl (C=O) groups is 1. The summed E-state index contributed by atoms with van der Waals surface area (Å²) in [5, 5.41) is 15.8. The largest absolute Gasteiger partial charge is 0.365 e. The maximum absolute atomic E-state index is 12.0. The van der Waals surface area contributed by atoms with Crippen LogP contribution in [-0.4, -0.2) is 21.1 Å². The van der Waals surface area contributed by atoms with Crippen molar-refractivity contribution in [3.63, 3.8) is 0 Å². The second-order valence-electron chi connectivity index (χ2n) is 4.18. The van der Waals surface area contributed by atoms with E-state index < -0.39 is 0 Å². The minimum Gasteiger partial charge on any atom is -0.365 e. The Bertz CT molecular complexity index is 757. The van der Waals surface area contributed by atoms with Crippen molar-refractivity contribution in [1.29, 1.82) is 0 Å². The minimum absolute atomic E-state index is 0.253. The van der Waals surface area contributed by atoms with Crippen molar-refractivity contribution in [2.24, 2.45) is 0 Å². The van der Waals surface area contributed by atoms with Gasteiger partial charge < -0.3 is 5.32 Å². The summed E-state index contributed by atoms with van der Waals surface area (Å²) in [6.45, 7) is 0.682. The molecule has 3 rings (SSSR count). The van der Waals surface area contributed by atoms with Crippen LogP contribution in [0.2, 0.25) is 0 Å². The Hall–Kier alpha value is -1.84. The van der Waals surface area contributed by atoms with E-state index in [1.165, 1.54) is 22.4 Å². The zero-order valence-corrected chi connectivity index (χ0v) is 14.3. The Kier molecular flexibility index (Phi) is 4.76. The van der Waals surface area contributed by atoms with Gasteiger partial charge in [-0.3, -0.25) is 10.1 Å². The number of aromatic nitrogens is 3. The van der Waals surface area contributed by atoms with Crippen LogP contribution in [0.25, 0.3) is 0 Å². The average Bonchev–Trinajstić information content (AvgIpc) is 3.17. The molecular formula is C13H10BrN5OS2. The summed E-state index contributed by atoms with van der Waals surface area (Å²) in [4.78, 5) is 17.4. The third kappa shape index (κ3) is 3.67. The molecule has 3 aromatic heterocycles. The molecule has 0 bridgehead atoms. The van der Waals surface area contributed by atoms with Gasteiger partial charge >= 0.3 is 0 Å². The molecule has 22 heavy (non-hydrogen) atoms. The van der Waals surface area contributed by atoms with Crippen molar-refractivity contribution in [2.75, 3.05) is 10.6 Å². The van der Waals surface area contributed by atoms with E-state index in [0.29, 0.717) is 23.1 Å². The molecule has 0 aromatic carbocycles. The van der Waals surface area contributed by atoms with Crippen LogP contribution in [-0.2, 0) is 6.54 Å². The van der Waals surface area contributed by atoms with Gasteiger partial charge in [-0.1, -0.05) is 11.3 Å². The predicted octanol–water partition coefficient (Wildman–Crippen LogP) is 3.62. The summed E-state index contributed by atoms with van der Waals surface area (Å²) >= 11 is 6.42. The van der Waals surface area contributed by atoms with Gasteiger partial charge in [-0.25, -0.2) is 4.98 Å². The quantitative estimate of drug-likeness (QED) is 0.689. The first-order valence-corrected chi connectivity index (χ1v) is 8.77. The molecule has 0 aliphatic carbocycles. The van der Waals surface area contributed by atoms with Gasteiger partial charge in [0.15, 0.2) is 0 Å². The van der Waals surface area contributed by atoms with Gasteiger partial charge in [0.2, 0.25) is 5.13 Å². The third-order valence-corrected chi connectivity index (χ3v) is 5.26. The van der Waals surface area contributed by atoms with Crippen LogP contribution >= 0.6 is 38.6 Å². The fraction of sp³-hybridized carbons (Fsp3) is 0.0769. The Morgan fingerprint density at radius 2 is 2.18 bits per heavy atom. The van der Waals surface area contributed by atoms with Gasteiger partial charge in [0.05, 0.1) is 12.1 Å². The van der Waals surface area contributed by atoms with Gasteiger partial charge in [-0.15, -0.1) is 21.5 Å². The van der Waals surface area contributed by atoms with Crippen molar-refractivity contribution in [2.45, 2.75) is 6.54 Å². The van der Waals surface area contributed by atoms with Crippen LogP contribution in [0.15, 0.2) is 39.8 Å². The van der Waals surface area contributed by atoms with Gasteiger partial charge in [0, 0.05) is 15.5 Å². The molecule has 6 nitrogen and oxygen atoms in total. The summed E-state index contributed by atoms with van der Waals surface area (Å²) in [6.07, 6.45) is 1.53. The summed E-state index contributed by atoms with van der Waals surface area (Å²) in [7, 11) is 0. The molecule has 0 radical (unpaired) electrons. The summed E-state index contributed by atoms with van der Waals surface area (Å²) in [5.74, 6) is 0.463. The lowest BCUT2D eigenvalue weighted by Crippen LogP contribution is -2.12. The molecule has 112 valence electrons. The van der Waals surface area contributed by atoms with Crippen molar-refractivity contribution >= 4 is 55.5 Å². The number of amides is 1. The van der Waals surface area contributed by atoms with Gasteiger partial charge in [0.1, 0.15) is 11.3 Å². The Morgan fingerprint density at radius 1 is 1.27 bits per heavy atom. The first kappa shape index (κ1) is 15.1. The number of nitrogens with zero attached hydrogens (tertiary/aromatic N) is 3. The van der Waals surface area contributed by atoms with Crippen LogP contribution in [0.5, 0.6) is 0 Å². The molecule has 1 amide bonds. The molecule has 2 N–H and O–H groups in total. The van der Waals surface area contributed by atoms with E-state index in [2.05, 4.69) is 41.7 Å². The monoisotopic (exact) mass is 395 g/mol. The molecule has 3 heterocycles. The Labute approximate surface area is 142 Å². The van der Waals surface area contributed by atoms with E-state index in [9.17, 15) is 4.79 Å². The van der Waals surface area contributed by atoms with Gasteiger partial charge in [-0.05, 0) is 39.5 Å². The highest BCUT2D eigenvalue weighted by Crippen LogP contribution is 2.23. The molecule has 0 unspecified atom stereocenters. The van der Waals surface area contributed by atoms with E-state index in [1.807, 2.05) is 11.4 Å². The highest BCUT2D eigenvalue weighted by molar-refractivity contribution is 9.10. The molecule has 0 spiro atoms. The van der Waals surface area contributed by atoms with Crippen LogP contribution in [0.1, 0.15) is 15.2 Å². The summed E-state index contributed by atoms with van der Waals surface area (Å²) in [6, 6.07) is 5.50. The fourth-order valence-corrected chi connectivity index (χ4v) is 3.52. The number of hydrogen-bond donors (Lipinski definition) is 2. The van der Waals surface area contributed by atoms with E-state index >= 15 is 0 Å². The maximum atomic E-state index is 12.0. The maximum Gasteiger partial charge on any atom is 0.259 e. The highest BCUT2D eigenvalue weighted by Gasteiger charge is 2.09. The summed E-state index contributed by atoms with van der Waals surface area (Å²) < 4.78 is 1.08. The lowest BCUT2D eigenvalue weighted by Gasteiger charge is -2.06. The summed E-state index contributed by atoms with van der Waals surface area (Å²) in [5.41, 5.74) is 2.03. The lowest BCUT2D eigenvalue weighted by molar-refractivity contribution is 0.102. The van der Waals surface area contributed by atoms with Crippen LogP contribution in [0.4, 0.5) is 10.9 Å². The van der Waals surface area contributed by atoms with Gasteiger partial charge in [-0.2, -0.15) is 0 Å². The van der Waals surface area contributed by atoms with E-state index in [4.69, 9.17) is 0 Å². The zero-order valence-electron chi connectivity index (χ0n) is 11.1. The van der Waals surface area contributed by atoms with Crippen molar-refractivity contribution in [3.05, 3.63) is 50.2 Å². The standard InChI is InChI=1S/C13H10BrN5OS2/c14-9-3-4-21-10(9)6-16-11-2-1-8(5-15-11)12(20)18-13-19-17-7-22-13/h1-5,7H,6H2,(H,15,16)(H,18,19,20). The normalized spacial score (nSPS) is 10.4. The second kappa shape index (κ2) is 6.95. The van der Waals surface area contributed by atoms with E-state index in [-0.39, 0.29) is 5.91 Å². The number of carbonyl (C=O) groups excluding carboxylic acids is 1. The number of nitrogens with one attached hydrogen (secondary N) is 2. The van der Waals surface area contributed by atoms with Crippen LogP contribution in [0.3, 0.4) is 0 Å². The van der Waals surface area contributed by atoms with E-state index in [1.54, 1.807) is 29.0 Å². The van der Waals surface area contributed by atoms with E-state index in [0.717, 1.165) is 4.47 Å².